The maximum atomic E-state index is 12.2. The molecular weight excluding hydrogens is 477 g/mol. The van der Waals surface area contributed by atoms with E-state index in [2.05, 4.69) is 26.9 Å². The van der Waals surface area contributed by atoms with Crippen LogP contribution in [0.5, 0.6) is 5.75 Å². The number of nitrogens with one attached hydrogen (secondary N) is 1. The van der Waals surface area contributed by atoms with E-state index in [1.807, 2.05) is 56.3 Å². The molecule has 3 aromatic rings. The van der Waals surface area contributed by atoms with Gasteiger partial charge in [0.2, 0.25) is 0 Å². The van der Waals surface area contributed by atoms with Crippen molar-refractivity contribution in [1.82, 2.24) is 15.3 Å². The second kappa shape index (κ2) is 13.6. The minimum absolute atomic E-state index is 0.145. The molecule has 1 aromatic heterocycles. The zero-order chi connectivity index (χ0) is 26.8. The highest BCUT2D eigenvalue weighted by Gasteiger charge is 2.31. The predicted octanol–water partition coefficient (Wildman–Crippen LogP) is 6.94. The molecule has 0 unspecified atom stereocenters. The average Bonchev–Trinajstić information content (AvgIpc) is 2.86. The highest BCUT2D eigenvalue weighted by Crippen LogP contribution is 2.30. The molecule has 1 heterocycles. The summed E-state index contributed by atoms with van der Waals surface area (Å²) in [7, 11) is 3.99. The van der Waals surface area contributed by atoms with E-state index in [9.17, 15) is 13.2 Å². The molecule has 1 saturated carbocycles. The number of fused-ring (bicyclic) bond motifs is 1. The lowest BCUT2D eigenvalue weighted by Gasteiger charge is -2.27. The number of nitrogens with zero attached hydrogens (tertiary/aromatic N) is 3. The van der Waals surface area contributed by atoms with Gasteiger partial charge < -0.3 is 15.0 Å². The number of benzene rings is 2. The molecule has 4 rings (SSSR count). The van der Waals surface area contributed by atoms with Crippen LogP contribution in [0.2, 0.25) is 0 Å². The lowest BCUT2D eigenvalue weighted by molar-refractivity contribution is -0.274. The largest absolute Gasteiger partial charge is 0.573 e. The van der Waals surface area contributed by atoms with Crippen molar-refractivity contribution in [2.24, 2.45) is 11.8 Å². The molecule has 202 valence electrons. The third kappa shape index (κ3) is 9.50. The molecule has 37 heavy (non-hydrogen) atoms. The topological polar surface area (TPSA) is 50.3 Å². The molecule has 8 heteroatoms. The number of ether oxygens (including phenoxy) is 1. The molecule has 0 atom stereocenters. The number of aromatic nitrogens is 2. The second-order valence-corrected chi connectivity index (χ2v) is 9.95. The summed E-state index contributed by atoms with van der Waals surface area (Å²) in [4.78, 5) is 10.8. The van der Waals surface area contributed by atoms with E-state index in [1.165, 1.54) is 44.2 Å². The summed E-state index contributed by atoms with van der Waals surface area (Å²) in [5.41, 5.74) is 1.86. The van der Waals surface area contributed by atoms with Gasteiger partial charge in [-0.2, -0.15) is 0 Å². The van der Waals surface area contributed by atoms with Gasteiger partial charge in [0.15, 0.2) is 0 Å². The first-order valence-electron chi connectivity index (χ1n) is 13.1. The summed E-state index contributed by atoms with van der Waals surface area (Å²) in [5.74, 6) is 3.30. The van der Waals surface area contributed by atoms with Gasteiger partial charge in [-0.1, -0.05) is 50.5 Å². The van der Waals surface area contributed by atoms with Gasteiger partial charge in [-0.3, -0.25) is 0 Å². The molecule has 1 aliphatic carbocycles. The number of aryl methyl sites for hydroxylation is 1. The van der Waals surface area contributed by atoms with Crippen LogP contribution in [0.15, 0.2) is 48.5 Å². The van der Waals surface area contributed by atoms with E-state index in [0.717, 1.165) is 53.0 Å². The number of hydrogen-bond donors (Lipinski definition) is 1. The van der Waals surface area contributed by atoms with Crippen LogP contribution >= 0.6 is 0 Å². The van der Waals surface area contributed by atoms with Crippen molar-refractivity contribution in [1.29, 1.82) is 0 Å². The molecule has 2 aromatic carbocycles. The van der Waals surface area contributed by atoms with Crippen LogP contribution in [0.4, 0.5) is 19.0 Å². The van der Waals surface area contributed by atoms with E-state index in [1.54, 1.807) is 6.07 Å². The molecule has 0 aliphatic heterocycles. The van der Waals surface area contributed by atoms with Gasteiger partial charge in [0.05, 0.1) is 5.52 Å². The number of rotatable bonds is 8. The number of alkyl halides is 3. The summed E-state index contributed by atoms with van der Waals surface area (Å²) >= 11 is 0. The lowest BCUT2D eigenvalue weighted by atomic mass is 9.81. The summed E-state index contributed by atoms with van der Waals surface area (Å²) < 4.78 is 40.6. The van der Waals surface area contributed by atoms with Gasteiger partial charge in [0.1, 0.15) is 17.4 Å². The Bertz CT molecular complexity index is 1110. The molecule has 1 fully saturated rings. The molecular formula is C29H39F3N4O. The van der Waals surface area contributed by atoms with Gasteiger partial charge in [0, 0.05) is 19.5 Å². The summed E-state index contributed by atoms with van der Waals surface area (Å²) in [6.45, 7) is 5.97. The Balaban J connectivity index is 0.000000231. The number of anilines is 1. The van der Waals surface area contributed by atoms with E-state index in [4.69, 9.17) is 0 Å². The molecule has 5 nitrogen and oxygen atoms in total. The normalized spacial score (nSPS) is 17.7. The zero-order valence-electron chi connectivity index (χ0n) is 22.3. The van der Waals surface area contributed by atoms with Crippen LogP contribution in [-0.4, -0.2) is 43.5 Å². The maximum absolute atomic E-state index is 12.2. The first-order valence-corrected chi connectivity index (χ1v) is 13.1. The minimum Gasteiger partial charge on any atom is -0.406 e. The van der Waals surface area contributed by atoms with Crippen LogP contribution in [0, 0.1) is 18.8 Å². The first-order chi connectivity index (χ1) is 17.6. The summed E-state index contributed by atoms with van der Waals surface area (Å²) in [5, 5.41) is 4.54. The predicted molar refractivity (Wildman–Crippen MR) is 144 cm³/mol. The molecule has 1 N–H and O–H groups in total. The lowest BCUT2D eigenvalue weighted by Crippen LogP contribution is -2.27. The third-order valence-corrected chi connectivity index (χ3v) is 6.82. The van der Waals surface area contributed by atoms with Gasteiger partial charge in [-0.25, -0.2) is 9.97 Å². The van der Waals surface area contributed by atoms with E-state index in [-0.39, 0.29) is 5.75 Å². The quantitative estimate of drug-likeness (QED) is 0.329. The molecule has 0 bridgehead atoms. The minimum atomic E-state index is -4.63. The molecule has 0 radical (unpaired) electrons. The van der Waals surface area contributed by atoms with Crippen molar-refractivity contribution in [2.75, 3.05) is 32.1 Å². The van der Waals surface area contributed by atoms with E-state index in [0.29, 0.717) is 6.42 Å². The van der Waals surface area contributed by atoms with Gasteiger partial charge in [-0.05, 0) is 80.9 Å². The van der Waals surface area contributed by atoms with Gasteiger partial charge in [0.25, 0.3) is 0 Å². The van der Waals surface area contributed by atoms with Crippen molar-refractivity contribution < 1.29 is 17.9 Å². The van der Waals surface area contributed by atoms with E-state index < -0.39 is 6.36 Å². The number of hydrogen-bond acceptors (Lipinski definition) is 5. The Morgan fingerprint density at radius 1 is 0.973 bits per heavy atom. The van der Waals surface area contributed by atoms with Crippen LogP contribution in [0.1, 0.15) is 50.4 Å². The van der Waals surface area contributed by atoms with Crippen LogP contribution in [0.25, 0.3) is 10.9 Å². The average molecular weight is 517 g/mol. The van der Waals surface area contributed by atoms with Crippen LogP contribution in [-0.2, 0) is 6.42 Å². The Morgan fingerprint density at radius 3 is 2.35 bits per heavy atom. The molecule has 0 amide bonds. The molecule has 1 aliphatic rings. The fourth-order valence-electron chi connectivity index (χ4n) is 4.79. The second-order valence-electron chi connectivity index (χ2n) is 9.95. The van der Waals surface area contributed by atoms with Crippen molar-refractivity contribution in [3.8, 4) is 5.75 Å². The van der Waals surface area contributed by atoms with Crippen molar-refractivity contribution >= 4 is 16.7 Å². The van der Waals surface area contributed by atoms with Crippen molar-refractivity contribution in [3.05, 3.63) is 59.9 Å². The molecule has 0 saturated heterocycles. The fraction of sp³-hybridized carbons (Fsp3) is 0.517. The van der Waals surface area contributed by atoms with Crippen molar-refractivity contribution in [3.63, 3.8) is 0 Å². The standard InChI is InChI=1S/C18H26F3NO.C11H13N3/c1-2-14-6-8-16(9-7-14)13-22-11-10-15-4-3-5-17(12-15)23-18(19,20)21;1-8-12-10-7-5-4-6-9(10)11(13-8)14(2)3/h3-5,12,14,16,22H,2,6-11,13H2,1H3;4-7H,1-3H3. The highest BCUT2D eigenvalue weighted by atomic mass is 19.4. The highest BCUT2D eigenvalue weighted by molar-refractivity contribution is 5.89. The molecule has 0 spiro atoms. The monoisotopic (exact) mass is 516 g/mol. The smallest absolute Gasteiger partial charge is 0.406 e. The first kappa shape index (κ1) is 28.7. The Labute approximate surface area is 218 Å². The number of halogens is 3. The van der Waals surface area contributed by atoms with Crippen molar-refractivity contribution in [2.45, 2.75) is 58.7 Å². The zero-order valence-corrected chi connectivity index (χ0v) is 22.3. The Morgan fingerprint density at radius 2 is 1.68 bits per heavy atom. The van der Waals surface area contributed by atoms with Gasteiger partial charge >= 0.3 is 6.36 Å². The SMILES string of the molecule is CCC1CCC(CNCCc2cccc(OC(F)(F)F)c2)CC1.Cc1nc(N(C)C)c2ccccc2n1. The van der Waals surface area contributed by atoms with Crippen LogP contribution < -0.4 is 15.0 Å². The Hall–Kier alpha value is -2.87. The van der Waals surface area contributed by atoms with E-state index >= 15 is 0 Å². The summed E-state index contributed by atoms with van der Waals surface area (Å²) in [6.07, 6.45) is 2.62. The maximum Gasteiger partial charge on any atom is 0.573 e. The fourth-order valence-corrected chi connectivity index (χ4v) is 4.79. The third-order valence-electron chi connectivity index (χ3n) is 6.82. The van der Waals surface area contributed by atoms with Crippen LogP contribution in [0.3, 0.4) is 0 Å². The Kier molecular flexibility index (Phi) is 10.6. The van der Waals surface area contributed by atoms with Gasteiger partial charge in [-0.15, -0.1) is 13.2 Å². The summed E-state index contributed by atoms with van der Waals surface area (Å²) in [6, 6.07) is 14.3. The number of para-hydroxylation sites is 1.